The standard InChI is InChI=1S/C20H33N3O3.HI/c1-3-24-14-18-7-5-17(6-8-18)13-23-20(21-2)22-10-4-11-25-15-19-9-12-26-16-19;/h5-8,19H,3-4,9-16H2,1-2H3,(H2,21,22,23);1H. The number of halogens is 1. The maximum atomic E-state index is 5.71. The molecule has 2 N–H and O–H groups in total. The minimum absolute atomic E-state index is 0. The van der Waals surface area contributed by atoms with Gasteiger partial charge in [0.25, 0.3) is 0 Å². The minimum Gasteiger partial charge on any atom is -0.381 e. The lowest BCUT2D eigenvalue weighted by molar-refractivity contribution is 0.0888. The lowest BCUT2D eigenvalue weighted by Gasteiger charge is -2.13. The Bertz CT molecular complexity index is 520. The fourth-order valence-electron chi connectivity index (χ4n) is 2.73. The highest BCUT2D eigenvalue weighted by molar-refractivity contribution is 14.0. The molecule has 0 bridgehead atoms. The number of nitrogens with zero attached hydrogens (tertiary/aromatic N) is 1. The Morgan fingerprint density at radius 1 is 1.19 bits per heavy atom. The minimum atomic E-state index is 0. The summed E-state index contributed by atoms with van der Waals surface area (Å²) in [7, 11) is 1.79. The molecule has 0 radical (unpaired) electrons. The fraction of sp³-hybridized carbons (Fsp3) is 0.650. The second-order valence-corrected chi connectivity index (χ2v) is 6.46. The predicted molar refractivity (Wildman–Crippen MR) is 120 cm³/mol. The molecule has 1 atom stereocenters. The summed E-state index contributed by atoms with van der Waals surface area (Å²) in [4.78, 5) is 4.26. The van der Waals surface area contributed by atoms with Crippen molar-refractivity contribution < 1.29 is 14.2 Å². The number of guanidine groups is 1. The van der Waals surface area contributed by atoms with E-state index in [2.05, 4.69) is 39.9 Å². The van der Waals surface area contributed by atoms with Crippen LogP contribution in [0.15, 0.2) is 29.3 Å². The highest BCUT2D eigenvalue weighted by atomic mass is 127. The zero-order chi connectivity index (χ0) is 18.5. The number of hydrogen-bond acceptors (Lipinski definition) is 4. The van der Waals surface area contributed by atoms with Gasteiger partial charge in [-0.25, -0.2) is 0 Å². The Kier molecular flexibility index (Phi) is 13.5. The first-order chi connectivity index (χ1) is 12.8. The van der Waals surface area contributed by atoms with Gasteiger partial charge < -0.3 is 24.8 Å². The molecule has 0 spiro atoms. The van der Waals surface area contributed by atoms with E-state index in [1.54, 1.807) is 7.05 Å². The SMILES string of the molecule is CCOCc1ccc(CNC(=NC)NCCCOCC2CCOC2)cc1.I. The number of rotatable bonds is 11. The van der Waals surface area contributed by atoms with Crippen LogP contribution in [-0.4, -0.2) is 52.6 Å². The van der Waals surface area contributed by atoms with Crippen LogP contribution in [0.4, 0.5) is 0 Å². The van der Waals surface area contributed by atoms with Crippen molar-refractivity contribution in [2.45, 2.75) is 32.9 Å². The molecule has 0 aromatic heterocycles. The van der Waals surface area contributed by atoms with Gasteiger partial charge in [-0.3, -0.25) is 4.99 Å². The van der Waals surface area contributed by atoms with Gasteiger partial charge in [-0.2, -0.15) is 0 Å². The van der Waals surface area contributed by atoms with Gasteiger partial charge in [-0.05, 0) is 30.9 Å². The first-order valence-electron chi connectivity index (χ1n) is 9.57. The number of aliphatic imine (C=N–C) groups is 1. The molecule has 1 aromatic carbocycles. The lowest BCUT2D eigenvalue weighted by Crippen LogP contribution is -2.37. The second-order valence-electron chi connectivity index (χ2n) is 6.46. The number of nitrogens with one attached hydrogen (secondary N) is 2. The molecule has 1 aliphatic rings. The molecule has 0 saturated carbocycles. The third kappa shape index (κ3) is 10.3. The maximum Gasteiger partial charge on any atom is 0.191 e. The van der Waals surface area contributed by atoms with Crippen LogP contribution in [-0.2, 0) is 27.4 Å². The molecule has 1 aliphatic heterocycles. The van der Waals surface area contributed by atoms with Gasteiger partial charge in [0.15, 0.2) is 5.96 Å². The third-order valence-corrected chi connectivity index (χ3v) is 4.31. The number of ether oxygens (including phenoxy) is 3. The van der Waals surface area contributed by atoms with Gasteiger partial charge >= 0.3 is 0 Å². The van der Waals surface area contributed by atoms with Crippen LogP contribution < -0.4 is 10.6 Å². The fourth-order valence-corrected chi connectivity index (χ4v) is 2.73. The molecule has 0 aliphatic carbocycles. The van der Waals surface area contributed by atoms with Crippen LogP contribution in [0.3, 0.4) is 0 Å². The van der Waals surface area contributed by atoms with E-state index in [9.17, 15) is 0 Å². The first-order valence-corrected chi connectivity index (χ1v) is 9.57. The molecular weight excluding hydrogens is 457 g/mol. The summed E-state index contributed by atoms with van der Waals surface area (Å²) >= 11 is 0. The predicted octanol–water partition coefficient (Wildman–Crippen LogP) is 2.95. The molecule has 6 nitrogen and oxygen atoms in total. The van der Waals surface area contributed by atoms with Crippen molar-refractivity contribution in [1.29, 1.82) is 0 Å². The van der Waals surface area contributed by atoms with Crippen LogP contribution in [0.2, 0.25) is 0 Å². The molecule has 2 rings (SSSR count). The van der Waals surface area contributed by atoms with Gasteiger partial charge in [-0.1, -0.05) is 24.3 Å². The van der Waals surface area contributed by atoms with Gasteiger partial charge in [0.05, 0.1) is 19.8 Å². The van der Waals surface area contributed by atoms with E-state index in [0.29, 0.717) is 12.5 Å². The van der Waals surface area contributed by atoms with Crippen molar-refractivity contribution in [2.24, 2.45) is 10.9 Å². The normalized spacial score (nSPS) is 16.8. The molecule has 1 saturated heterocycles. The zero-order valence-electron chi connectivity index (χ0n) is 16.5. The Balaban J connectivity index is 0.00000364. The van der Waals surface area contributed by atoms with E-state index in [4.69, 9.17) is 14.2 Å². The van der Waals surface area contributed by atoms with Gasteiger partial charge in [0.2, 0.25) is 0 Å². The van der Waals surface area contributed by atoms with E-state index >= 15 is 0 Å². The molecule has 154 valence electrons. The molecule has 1 heterocycles. The maximum absolute atomic E-state index is 5.71. The van der Waals surface area contributed by atoms with Crippen molar-refractivity contribution in [3.05, 3.63) is 35.4 Å². The molecule has 1 unspecified atom stereocenters. The monoisotopic (exact) mass is 491 g/mol. The smallest absolute Gasteiger partial charge is 0.191 e. The van der Waals surface area contributed by atoms with E-state index in [0.717, 1.165) is 64.9 Å². The molecule has 0 amide bonds. The van der Waals surface area contributed by atoms with E-state index < -0.39 is 0 Å². The van der Waals surface area contributed by atoms with Crippen molar-refractivity contribution in [1.82, 2.24) is 10.6 Å². The molecule has 7 heteroatoms. The van der Waals surface area contributed by atoms with Crippen LogP contribution in [0.5, 0.6) is 0 Å². The number of hydrogen-bond donors (Lipinski definition) is 2. The summed E-state index contributed by atoms with van der Waals surface area (Å²) in [6.07, 6.45) is 2.09. The molecule has 1 aromatic rings. The first kappa shape index (κ1) is 24.1. The van der Waals surface area contributed by atoms with Crippen LogP contribution in [0.25, 0.3) is 0 Å². The summed E-state index contributed by atoms with van der Waals surface area (Å²) < 4.78 is 16.5. The average Bonchev–Trinajstić information content (AvgIpc) is 3.19. The summed E-state index contributed by atoms with van der Waals surface area (Å²) in [5, 5.41) is 6.66. The highest BCUT2D eigenvalue weighted by Gasteiger charge is 2.15. The van der Waals surface area contributed by atoms with Crippen molar-refractivity contribution >= 4 is 29.9 Å². The Labute approximate surface area is 180 Å². The van der Waals surface area contributed by atoms with E-state index in [1.807, 2.05) is 6.92 Å². The largest absolute Gasteiger partial charge is 0.381 e. The average molecular weight is 491 g/mol. The summed E-state index contributed by atoms with van der Waals surface area (Å²) in [5.41, 5.74) is 2.41. The van der Waals surface area contributed by atoms with Crippen LogP contribution >= 0.6 is 24.0 Å². The summed E-state index contributed by atoms with van der Waals surface area (Å²) in [5.74, 6) is 1.39. The van der Waals surface area contributed by atoms with Gasteiger partial charge in [0, 0.05) is 45.9 Å². The third-order valence-electron chi connectivity index (χ3n) is 4.31. The lowest BCUT2D eigenvalue weighted by atomic mass is 10.1. The number of benzene rings is 1. The molecular formula is C20H34IN3O3. The van der Waals surface area contributed by atoms with E-state index in [1.165, 1.54) is 11.1 Å². The summed E-state index contributed by atoms with van der Waals surface area (Å²) in [6.45, 7) is 8.31. The van der Waals surface area contributed by atoms with Crippen LogP contribution in [0.1, 0.15) is 30.9 Å². The van der Waals surface area contributed by atoms with Gasteiger partial charge in [-0.15, -0.1) is 24.0 Å². The van der Waals surface area contributed by atoms with E-state index in [-0.39, 0.29) is 24.0 Å². The van der Waals surface area contributed by atoms with Crippen molar-refractivity contribution in [3.63, 3.8) is 0 Å². The second kappa shape index (κ2) is 15.1. The zero-order valence-corrected chi connectivity index (χ0v) is 18.9. The molecule has 1 fully saturated rings. The van der Waals surface area contributed by atoms with Gasteiger partial charge in [0.1, 0.15) is 0 Å². The van der Waals surface area contributed by atoms with Crippen LogP contribution in [0, 0.1) is 5.92 Å². The van der Waals surface area contributed by atoms with Crippen molar-refractivity contribution in [3.8, 4) is 0 Å². The Morgan fingerprint density at radius 3 is 2.63 bits per heavy atom. The topological polar surface area (TPSA) is 64.1 Å². The Hall–Kier alpha value is -0.900. The quantitative estimate of drug-likeness (QED) is 0.216. The molecule has 27 heavy (non-hydrogen) atoms. The Morgan fingerprint density at radius 2 is 1.96 bits per heavy atom. The highest BCUT2D eigenvalue weighted by Crippen LogP contribution is 2.12. The van der Waals surface area contributed by atoms with Crippen molar-refractivity contribution in [2.75, 3.05) is 46.6 Å². The summed E-state index contributed by atoms with van der Waals surface area (Å²) in [6, 6.07) is 8.45.